The lowest BCUT2D eigenvalue weighted by atomic mass is 10.4. The van der Waals surface area contributed by atoms with Gasteiger partial charge in [-0.25, -0.2) is 14.8 Å². The average molecular weight is 222 g/mol. The van der Waals surface area contributed by atoms with E-state index in [1.807, 2.05) is 0 Å². The third-order valence-corrected chi connectivity index (χ3v) is 1.24. The van der Waals surface area contributed by atoms with Gasteiger partial charge >= 0.3 is 12.1 Å². The number of hydrogen-bond donors (Lipinski definition) is 1. The van der Waals surface area contributed by atoms with Crippen LogP contribution >= 0.6 is 0 Å². The van der Waals surface area contributed by atoms with Crippen LogP contribution in [0.15, 0.2) is 12.4 Å². The van der Waals surface area contributed by atoms with Crippen LogP contribution in [0.2, 0.25) is 0 Å². The number of carboxylic acid groups (broad SMARTS) is 1. The Balaban J connectivity index is 2.70. The maximum Gasteiger partial charge on any atom is 0.422 e. The van der Waals surface area contributed by atoms with Crippen molar-refractivity contribution in [3.8, 4) is 5.88 Å². The van der Waals surface area contributed by atoms with E-state index in [4.69, 9.17) is 5.11 Å². The number of ether oxygens (including phenoxy) is 1. The molecule has 0 unspecified atom stereocenters. The van der Waals surface area contributed by atoms with Crippen LogP contribution in [0.25, 0.3) is 0 Å². The minimum Gasteiger partial charge on any atom is -0.477 e. The summed E-state index contributed by atoms with van der Waals surface area (Å²) in [7, 11) is 0. The van der Waals surface area contributed by atoms with E-state index in [0.29, 0.717) is 0 Å². The van der Waals surface area contributed by atoms with Gasteiger partial charge in [-0.15, -0.1) is 0 Å². The Kier molecular flexibility index (Phi) is 3.08. The molecule has 82 valence electrons. The van der Waals surface area contributed by atoms with Gasteiger partial charge in [-0.3, -0.25) is 0 Å². The molecule has 0 aromatic carbocycles. The number of alkyl halides is 3. The van der Waals surface area contributed by atoms with E-state index >= 15 is 0 Å². The normalized spacial score (nSPS) is 11.1. The Morgan fingerprint density at radius 2 is 2.13 bits per heavy atom. The fraction of sp³-hybridized carbons (Fsp3) is 0.286. The van der Waals surface area contributed by atoms with Crippen molar-refractivity contribution in [3.05, 3.63) is 18.1 Å². The van der Waals surface area contributed by atoms with Crippen LogP contribution in [0, 0.1) is 0 Å². The van der Waals surface area contributed by atoms with Crippen molar-refractivity contribution >= 4 is 5.97 Å². The summed E-state index contributed by atoms with van der Waals surface area (Å²) in [5.41, 5.74) is -0.429. The molecule has 1 heterocycles. The molecule has 0 bridgehead atoms. The smallest absolute Gasteiger partial charge is 0.422 e. The lowest BCUT2D eigenvalue weighted by molar-refractivity contribution is -0.154. The summed E-state index contributed by atoms with van der Waals surface area (Å²) >= 11 is 0. The van der Waals surface area contributed by atoms with Gasteiger partial charge in [0.05, 0.1) is 0 Å². The van der Waals surface area contributed by atoms with Crippen LogP contribution < -0.4 is 4.74 Å². The molecule has 0 spiro atoms. The average Bonchev–Trinajstić information content (AvgIpc) is 2.14. The van der Waals surface area contributed by atoms with Gasteiger partial charge in [0.2, 0.25) is 5.88 Å². The fourth-order valence-corrected chi connectivity index (χ4v) is 0.691. The van der Waals surface area contributed by atoms with Gasteiger partial charge in [0, 0.05) is 6.07 Å². The van der Waals surface area contributed by atoms with E-state index in [1.54, 1.807) is 0 Å². The number of halogens is 3. The molecule has 0 saturated carbocycles. The summed E-state index contributed by atoms with van der Waals surface area (Å²) in [5, 5.41) is 8.47. The molecular formula is C7H5F3N2O3. The van der Waals surface area contributed by atoms with Gasteiger partial charge in [0.25, 0.3) is 0 Å². The lowest BCUT2D eigenvalue weighted by Crippen LogP contribution is -2.19. The Morgan fingerprint density at radius 1 is 1.47 bits per heavy atom. The van der Waals surface area contributed by atoms with Gasteiger partial charge in [0.15, 0.2) is 12.3 Å². The number of carbonyl (C=O) groups is 1. The molecule has 1 rings (SSSR count). The topological polar surface area (TPSA) is 72.3 Å². The molecular weight excluding hydrogens is 217 g/mol. The van der Waals surface area contributed by atoms with Crippen molar-refractivity contribution in [1.29, 1.82) is 0 Å². The van der Waals surface area contributed by atoms with Gasteiger partial charge in [-0.2, -0.15) is 13.2 Å². The second kappa shape index (κ2) is 4.11. The molecule has 8 heteroatoms. The van der Waals surface area contributed by atoms with E-state index in [-0.39, 0.29) is 0 Å². The third-order valence-electron chi connectivity index (χ3n) is 1.24. The summed E-state index contributed by atoms with van der Waals surface area (Å²) in [4.78, 5) is 17.0. The molecule has 0 fully saturated rings. The predicted octanol–water partition coefficient (Wildman–Crippen LogP) is 1.12. The molecule has 0 aliphatic heterocycles. The molecule has 0 amide bonds. The van der Waals surface area contributed by atoms with Crippen LogP contribution in [0.3, 0.4) is 0 Å². The first-order chi connectivity index (χ1) is 6.88. The number of carboxylic acids is 1. The summed E-state index contributed by atoms with van der Waals surface area (Å²) in [5.74, 6) is -1.80. The van der Waals surface area contributed by atoms with E-state index < -0.39 is 30.3 Å². The highest BCUT2D eigenvalue weighted by molar-refractivity contribution is 5.85. The molecule has 0 saturated heterocycles. The van der Waals surface area contributed by atoms with Crippen molar-refractivity contribution in [2.24, 2.45) is 0 Å². The van der Waals surface area contributed by atoms with Gasteiger partial charge < -0.3 is 9.84 Å². The van der Waals surface area contributed by atoms with E-state index in [0.717, 1.165) is 12.4 Å². The number of aromatic carboxylic acids is 1. The lowest BCUT2D eigenvalue weighted by Gasteiger charge is -2.07. The highest BCUT2D eigenvalue weighted by Gasteiger charge is 2.28. The SMILES string of the molecule is O=C(O)c1cc(OCC(F)(F)F)ncn1. The van der Waals surface area contributed by atoms with Crippen molar-refractivity contribution in [2.45, 2.75) is 6.18 Å². The molecule has 0 atom stereocenters. The van der Waals surface area contributed by atoms with Crippen LogP contribution in [0.1, 0.15) is 10.5 Å². The van der Waals surface area contributed by atoms with Crippen LogP contribution in [-0.2, 0) is 0 Å². The predicted molar refractivity (Wildman–Crippen MR) is 40.5 cm³/mol. The van der Waals surface area contributed by atoms with E-state index in [1.165, 1.54) is 0 Å². The largest absolute Gasteiger partial charge is 0.477 e. The fourth-order valence-electron chi connectivity index (χ4n) is 0.691. The maximum absolute atomic E-state index is 11.7. The first-order valence-corrected chi connectivity index (χ1v) is 3.63. The van der Waals surface area contributed by atoms with Crippen molar-refractivity contribution < 1.29 is 27.8 Å². The standard InChI is InChI=1S/C7H5F3N2O3/c8-7(9,10)2-15-5-1-4(6(13)14)11-3-12-5/h1,3H,2H2,(H,13,14). The zero-order valence-corrected chi connectivity index (χ0v) is 7.15. The summed E-state index contributed by atoms with van der Waals surface area (Å²) in [6.07, 6.45) is -3.68. The molecule has 1 aromatic rings. The quantitative estimate of drug-likeness (QED) is 0.829. The first kappa shape index (κ1) is 11.2. The molecule has 0 radical (unpaired) electrons. The highest BCUT2D eigenvalue weighted by atomic mass is 19.4. The number of rotatable bonds is 3. The van der Waals surface area contributed by atoms with Crippen molar-refractivity contribution in [2.75, 3.05) is 6.61 Å². The second-order valence-electron chi connectivity index (χ2n) is 2.45. The van der Waals surface area contributed by atoms with Crippen molar-refractivity contribution in [1.82, 2.24) is 9.97 Å². The monoisotopic (exact) mass is 222 g/mol. The van der Waals surface area contributed by atoms with Gasteiger partial charge in [-0.05, 0) is 0 Å². The van der Waals surface area contributed by atoms with Crippen molar-refractivity contribution in [3.63, 3.8) is 0 Å². The molecule has 5 nitrogen and oxygen atoms in total. The Bertz CT molecular complexity index is 367. The zero-order chi connectivity index (χ0) is 11.5. The summed E-state index contributed by atoms with van der Waals surface area (Å²) < 4.78 is 39.4. The second-order valence-corrected chi connectivity index (χ2v) is 2.45. The maximum atomic E-state index is 11.7. The number of hydrogen-bond acceptors (Lipinski definition) is 4. The van der Waals surface area contributed by atoms with Crippen LogP contribution in [0.5, 0.6) is 5.88 Å². The first-order valence-electron chi connectivity index (χ1n) is 3.63. The summed E-state index contributed by atoms with van der Waals surface area (Å²) in [6, 6.07) is 0.814. The van der Waals surface area contributed by atoms with Crippen LogP contribution in [0.4, 0.5) is 13.2 Å². The number of aromatic nitrogens is 2. The van der Waals surface area contributed by atoms with E-state index in [2.05, 4.69) is 14.7 Å². The Morgan fingerprint density at radius 3 is 2.67 bits per heavy atom. The highest BCUT2D eigenvalue weighted by Crippen LogP contribution is 2.16. The van der Waals surface area contributed by atoms with Gasteiger partial charge in [0.1, 0.15) is 6.33 Å². The minimum absolute atomic E-state index is 0.429. The third kappa shape index (κ3) is 3.79. The minimum atomic E-state index is -4.49. The van der Waals surface area contributed by atoms with Crippen LogP contribution in [-0.4, -0.2) is 33.8 Å². The Labute approximate surface area is 81.5 Å². The number of nitrogens with zero attached hydrogens (tertiary/aromatic N) is 2. The molecule has 0 aliphatic carbocycles. The summed E-state index contributed by atoms with van der Waals surface area (Å²) in [6.45, 7) is -1.52. The van der Waals surface area contributed by atoms with Gasteiger partial charge in [-0.1, -0.05) is 0 Å². The zero-order valence-electron chi connectivity index (χ0n) is 7.15. The molecule has 1 aromatic heterocycles. The molecule has 15 heavy (non-hydrogen) atoms. The molecule has 1 N–H and O–H groups in total. The van der Waals surface area contributed by atoms with E-state index in [9.17, 15) is 18.0 Å². The Hall–Kier alpha value is -1.86. The molecule has 0 aliphatic rings.